The lowest BCUT2D eigenvalue weighted by Crippen LogP contribution is -2.33. The van der Waals surface area contributed by atoms with Crippen LogP contribution in [0, 0.1) is 11.3 Å². The van der Waals surface area contributed by atoms with Gasteiger partial charge in [-0.2, -0.15) is 5.26 Å². The van der Waals surface area contributed by atoms with Gasteiger partial charge < -0.3 is 28.6 Å². The van der Waals surface area contributed by atoms with Gasteiger partial charge in [-0.1, -0.05) is 61.0 Å². The summed E-state index contributed by atoms with van der Waals surface area (Å²) in [6, 6.07) is 28.7. The molecule has 0 aliphatic carbocycles. The Bertz CT molecular complexity index is 1490. The number of Topliss-reactive ketones (excluding diaryl/α,β-unsaturated/α-hetero) is 1. The zero-order valence-electron chi connectivity index (χ0n) is 33.1. The molecule has 54 heavy (non-hydrogen) atoms. The standard InChI is InChI=1S/C43H60N3O7P/c1-34(2)46(35(3)4)54(53-33-15-29-44)52-32-13-8-11-18-39(47)23-28-42(48)45-30-12-14-31-51-43(36-16-9-7-10-17-36,37-19-24-40(49-5)25-20-37)38-21-26-41(50-6)27-22-38/h7,9-10,16-17,19-22,24-27,34-35H,8,11-15,18,23,28,30-33H2,1-6H3,(H,45,48). The molecule has 3 aromatic rings. The third-order valence-corrected chi connectivity index (χ3v) is 11.1. The van der Waals surface area contributed by atoms with Crippen LogP contribution in [0.15, 0.2) is 78.9 Å². The number of nitriles is 1. The van der Waals surface area contributed by atoms with Crippen molar-refractivity contribution in [3.63, 3.8) is 0 Å². The Kier molecular flexibility index (Phi) is 20.3. The van der Waals surface area contributed by atoms with Crippen LogP contribution in [0.3, 0.4) is 0 Å². The number of ether oxygens (including phenoxy) is 3. The predicted molar refractivity (Wildman–Crippen MR) is 214 cm³/mol. The average molecular weight is 762 g/mol. The number of ketones is 1. The van der Waals surface area contributed by atoms with Crippen molar-refractivity contribution in [1.82, 2.24) is 9.99 Å². The van der Waals surface area contributed by atoms with Crippen LogP contribution in [0.1, 0.15) is 102 Å². The Morgan fingerprint density at radius 3 is 1.81 bits per heavy atom. The van der Waals surface area contributed by atoms with E-state index in [1.165, 1.54) is 0 Å². The third kappa shape index (κ3) is 14.1. The average Bonchev–Trinajstić information content (AvgIpc) is 3.18. The van der Waals surface area contributed by atoms with Gasteiger partial charge >= 0.3 is 0 Å². The molecule has 0 aromatic heterocycles. The number of hydrogen-bond donors (Lipinski definition) is 1. The van der Waals surface area contributed by atoms with Crippen LogP contribution in [0.25, 0.3) is 0 Å². The molecule has 0 heterocycles. The van der Waals surface area contributed by atoms with Crippen molar-refractivity contribution in [3.8, 4) is 17.6 Å². The van der Waals surface area contributed by atoms with Gasteiger partial charge in [-0.3, -0.25) is 9.59 Å². The van der Waals surface area contributed by atoms with Crippen molar-refractivity contribution in [2.45, 2.75) is 103 Å². The highest BCUT2D eigenvalue weighted by atomic mass is 31.2. The van der Waals surface area contributed by atoms with Crippen molar-refractivity contribution in [1.29, 1.82) is 5.26 Å². The fraction of sp³-hybridized carbons (Fsp3) is 0.512. The summed E-state index contributed by atoms with van der Waals surface area (Å²) in [7, 11) is 2.05. The van der Waals surface area contributed by atoms with E-state index in [4.69, 9.17) is 28.5 Å². The molecule has 0 aliphatic rings. The molecule has 0 bridgehead atoms. The molecule has 1 unspecified atom stereocenters. The van der Waals surface area contributed by atoms with E-state index in [1.54, 1.807) is 14.2 Å². The summed E-state index contributed by atoms with van der Waals surface area (Å²) in [6.45, 7) is 10.3. The van der Waals surface area contributed by atoms with E-state index in [-0.39, 0.29) is 36.6 Å². The molecule has 1 amide bonds. The first kappa shape index (κ1) is 44.6. The summed E-state index contributed by atoms with van der Waals surface area (Å²) in [4.78, 5) is 25.1. The van der Waals surface area contributed by atoms with Crippen molar-refractivity contribution in [2.75, 3.05) is 40.6 Å². The monoisotopic (exact) mass is 761 g/mol. The Hall–Kier alpha value is -3.84. The summed E-state index contributed by atoms with van der Waals surface area (Å²) in [5.41, 5.74) is 2.06. The van der Waals surface area contributed by atoms with Crippen molar-refractivity contribution < 1.29 is 32.8 Å². The molecule has 10 nitrogen and oxygen atoms in total. The molecule has 3 aromatic carbocycles. The minimum absolute atomic E-state index is 0.0988. The van der Waals surface area contributed by atoms with Crippen LogP contribution in [0.4, 0.5) is 0 Å². The number of hydrogen-bond acceptors (Lipinski definition) is 9. The summed E-state index contributed by atoms with van der Waals surface area (Å²) in [5, 5.41) is 11.9. The molecule has 294 valence electrons. The predicted octanol–water partition coefficient (Wildman–Crippen LogP) is 9.11. The topological polar surface area (TPSA) is 119 Å². The number of methoxy groups -OCH3 is 2. The van der Waals surface area contributed by atoms with Gasteiger partial charge in [0.2, 0.25) is 5.91 Å². The summed E-state index contributed by atoms with van der Waals surface area (Å²) < 4.78 is 32.0. The maximum atomic E-state index is 12.6. The minimum atomic E-state index is -1.25. The fourth-order valence-corrected chi connectivity index (χ4v) is 7.91. The lowest BCUT2D eigenvalue weighted by atomic mass is 9.80. The van der Waals surface area contributed by atoms with Crippen LogP contribution < -0.4 is 14.8 Å². The Morgan fingerprint density at radius 1 is 0.704 bits per heavy atom. The zero-order valence-corrected chi connectivity index (χ0v) is 33.9. The van der Waals surface area contributed by atoms with Gasteiger partial charge in [0, 0.05) is 44.5 Å². The van der Waals surface area contributed by atoms with Gasteiger partial charge in [0.25, 0.3) is 8.53 Å². The van der Waals surface area contributed by atoms with Crippen LogP contribution >= 0.6 is 8.53 Å². The van der Waals surface area contributed by atoms with Gasteiger partial charge in [0.05, 0.1) is 39.9 Å². The number of amides is 1. The van der Waals surface area contributed by atoms with Gasteiger partial charge in [-0.15, -0.1) is 0 Å². The van der Waals surface area contributed by atoms with E-state index in [0.717, 1.165) is 60.3 Å². The summed E-state index contributed by atoms with van der Waals surface area (Å²) >= 11 is 0. The van der Waals surface area contributed by atoms with Crippen LogP contribution in [-0.4, -0.2) is 69.0 Å². The summed E-state index contributed by atoms with van der Waals surface area (Å²) in [6.07, 6.45) is 5.09. The number of nitrogens with zero attached hydrogens (tertiary/aromatic N) is 2. The first-order chi connectivity index (χ1) is 26.2. The number of benzene rings is 3. The number of unbranched alkanes of at least 4 members (excludes halogenated alkanes) is 3. The lowest BCUT2D eigenvalue weighted by Gasteiger charge is -2.36. The van der Waals surface area contributed by atoms with E-state index < -0.39 is 14.1 Å². The molecule has 1 N–H and O–H groups in total. The van der Waals surface area contributed by atoms with Gasteiger partial charge in [-0.25, -0.2) is 4.67 Å². The van der Waals surface area contributed by atoms with Gasteiger partial charge in [0.1, 0.15) is 22.9 Å². The first-order valence-electron chi connectivity index (χ1n) is 19.1. The van der Waals surface area contributed by atoms with E-state index >= 15 is 0 Å². The zero-order chi connectivity index (χ0) is 39.2. The van der Waals surface area contributed by atoms with Crippen LogP contribution in [0.5, 0.6) is 11.5 Å². The van der Waals surface area contributed by atoms with Crippen LogP contribution in [0.2, 0.25) is 0 Å². The van der Waals surface area contributed by atoms with Crippen molar-refractivity contribution in [2.24, 2.45) is 0 Å². The maximum absolute atomic E-state index is 12.6. The number of carbonyl (C=O) groups excluding carboxylic acids is 2. The van der Waals surface area contributed by atoms with E-state index in [0.29, 0.717) is 39.2 Å². The highest BCUT2D eigenvalue weighted by molar-refractivity contribution is 7.44. The van der Waals surface area contributed by atoms with Crippen molar-refractivity contribution >= 4 is 20.2 Å². The SMILES string of the molecule is COc1ccc(C(OCCCCNC(=O)CCC(=O)CCCCCOP(OCCC#N)N(C(C)C)C(C)C)(c2ccccc2)c2ccc(OC)cc2)cc1. The molecule has 0 radical (unpaired) electrons. The molecule has 1 atom stereocenters. The third-order valence-electron chi connectivity index (χ3n) is 8.98. The largest absolute Gasteiger partial charge is 0.497 e. The Morgan fingerprint density at radius 2 is 1.26 bits per heavy atom. The number of nitrogens with one attached hydrogen (secondary N) is 1. The quantitative estimate of drug-likeness (QED) is 0.0461. The molecule has 0 spiro atoms. The normalized spacial score (nSPS) is 12.1. The first-order valence-corrected chi connectivity index (χ1v) is 20.3. The molecule has 0 fully saturated rings. The summed E-state index contributed by atoms with van der Waals surface area (Å²) in [5.74, 6) is 1.51. The lowest BCUT2D eigenvalue weighted by molar-refractivity contribution is -0.125. The highest BCUT2D eigenvalue weighted by Gasteiger charge is 2.37. The van der Waals surface area contributed by atoms with E-state index in [1.807, 2.05) is 66.7 Å². The molecule has 11 heteroatoms. The smallest absolute Gasteiger partial charge is 0.259 e. The molecule has 0 saturated heterocycles. The molecule has 0 aliphatic heterocycles. The second kappa shape index (κ2) is 24.5. The Balaban J connectivity index is 1.42. The Labute approximate surface area is 324 Å². The molecule has 0 saturated carbocycles. The molecular weight excluding hydrogens is 701 g/mol. The van der Waals surface area contributed by atoms with Crippen molar-refractivity contribution in [3.05, 3.63) is 95.6 Å². The second-order valence-corrected chi connectivity index (χ2v) is 15.1. The number of rotatable bonds is 27. The fourth-order valence-electron chi connectivity index (χ4n) is 6.28. The number of carbonyl (C=O) groups is 2. The highest BCUT2D eigenvalue weighted by Crippen LogP contribution is 2.46. The molecule has 3 rings (SSSR count). The van der Waals surface area contributed by atoms with E-state index in [9.17, 15) is 9.59 Å². The maximum Gasteiger partial charge on any atom is 0.259 e. The molecular formula is C43H60N3O7P. The van der Waals surface area contributed by atoms with Crippen LogP contribution in [-0.2, 0) is 29.0 Å². The van der Waals surface area contributed by atoms with Gasteiger partial charge in [-0.05, 0) is 94.3 Å². The second-order valence-electron chi connectivity index (χ2n) is 13.6. The van der Waals surface area contributed by atoms with E-state index in [2.05, 4.69) is 55.9 Å². The van der Waals surface area contributed by atoms with Gasteiger partial charge in [0.15, 0.2) is 0 Å². The minimum Gasteiger partial charge on any atom is -0.497 e.